The van der Waals surface area contributed by atoms with Crippen LogP contribution in [0.15, 0.2) is 61.1 Å². The van der Waals surface area contributed by atoms with Gasteiger partial charge in [0.15, 0.2) is 0 Å². The zero-order chi connectivity index (χ0) is 21.7. The molecular weight excluding hydrogens is 390 g/mol. The van der Waals surface area contributed by atoms with Gasteiger partial charge in [-0.25, -0.2) is 9.97 Å². The van der Waals surface area contributed by atoms with Crippen molar-refractivity contribution in [3.8, 4) is 5.75 Å². The summed E-state index contributed by atoms with van der Waals surface area (Å²) in [4.78, 5) is 17.1. The number of pyridine rings is 1. The number of likely N-dealkylation sites (N-methyl/N-ethyl adjacent to an activating group) is 1. The van der Waals surface area contributed by atoms with E-state index in [-0.39, 0.29) is 0 Å². The van der Waals surface area contributed by atoms with Crippen molar-refractivity contribution in [2.75, 3.05) is 31.6 Å². The van der Waals surface area contributed by atoms with Gasteiger partial charge in [-0.2, -0.15) is 0 Å². The summed E-state index contributed by atoms with van der Waals surface area (Å²) in [6.45, 7) is 5.14. The van der Waals surface area contributed by atoms with E-state index in [0.29, 0.717) is 19.7 Å². The normalized spacial score (nSPS) is 18.5. The van der Waals surface area contributed by atoms with Crippen molar-refractivity contribution in [1.82, 2.24) is 19.9 Å². The minimum atomic E-state index is -0.751. The summed E-state index contributed by atoms with van der Waals surface area (Å²) in [6, 6.07) is 15.9. The first-order valence-corrected chi connectivity index (χ1v) is 10.6. The molecule has 4 rings (SSSR count). The number of aromatic nitrogens is 3. The first-order valence-electron chi connectivity index (χ1n) is 10.6. The lowest BCUT2D eigenvalue weighted by atomic mass is 10.0. The molecule has 0 saturated carbocycles. The molecule has 0 aliphatic carbocycles. The summed E-state index contributed by atoms with van der Waals surface area (Å²) in [6.07, 6.45) is 4.07. The molecule has 162 valence electrons. The zero-order valence-electron chi connectivity index (χ0n) is 18.1. The molecule has 2 aromatic heterocycles. The number of ether oxygens (including phenoxy) is 1. The van der Waals surface area contributed by atoms with Crippen LogP contribution in [0.5, 0.6) is 5.75 Å². The third-order valence-corrected chi connectivity index (χ3v) is 5.50. The number of aliphatic hydroxyl groups is 1. The number of rotatable bonds is 8. The lowest BCUT2D eigenvalue weighted by Gasteiger charge is -2.29. The Morgan fingerprint density at radius 2 is 1.97 bits per heavy atom. The van der Waals surface area contributed by atoms with Crippen LogP contribution in [0.4, 0.5) is 5.82 Å². The molecule has 0 unspecified atom stereocenters. The molecule has 1 aromatic carbocycles. The van der Waals surface area contributed by atoms with Crippen LogP contribution in [0.25, 0.3) is 0 Å². The van der Waals surface area contributed by atoms with Crippen molar-refractivity contribution in [2.24, 2.45) is 0 Å². The Morgan fingerprint density at radius 1 is 1.13 bits per heavy atom. The first kappa shape index (κ1) is 21.2. The van der Waals surface area contributed by atoms with Crippen LogP contribution in [-0.2, 0) is 13.2 Å². The van der Waals surface area contributed by atoms with Crippen molar-refractivity contribution >= 4 is 5.82 Å². The van der Waals surface area contributed by atoms with Crippen LogP contribution in [0.3, 0.4) is 0 Å². The number of nitrogens with zero attached hydrogens (tertiary/aromatic N) is 5. The van der Waals surface area contributed by atoms with Crippen LogP contribution in [0.1, 0.15) is 23.4 Å². The van der Waals surface area contributed by atoms with E-state index in [2.05, 4.69) is 36.9 Å². The highest BCUT2D eigenvalue weighted by Crippen LogP contribution is 2.27. The molecule has 3 heterocycles. The quantitative estimate of drug-likeness (QED) is 0.602. The van der Waals surface area contributed by atoms with Crippen molar-refractivity contribution in [1.29, 1.82) is 0 Å². The fourth-order valence-electron chi connectivity index (χ4n) is 4.00. The predicted octanol–water partition coefficient (Wildman–Crippen LogP) is 2.83. The van der Waals surface area contributed by atoms with Crippen LogP contribution < -0.4 is 9.64 Å². The van der Waals surface area contributed by atoms with Gasteiger partial charge < -0.3 is 14.7 Å². The Kier molecular flexibility index (Phi) is 6.44. The maximum absolute atomic E-state index is 11.1. The number of hydrogen-bond acceptors (Lipinski definition) is 7. The van der Waals surface area contributed by atoms with Gasteiger partial charge in [0.1, 0.15) is 24.5 Å². The van der Waals surface area contributed by atoms with E-state index in [1.54, 1.807) is 12.5 Å². The van der Waals surface area contributed by atoms with Gasteiger partial charge in [-0.15, -0.1) is 0 Å². The Balaban J connectivity index is 1.28. The second-order valence-corrected chi connectivity index (χ2v) is 8.34. The Labute approximate surface area is 183 Å². The number of hydrogen-bond donors (Lipinski definition) is 1. The fraction of sp³-hybridized carbons (Fsp3) is 0.375. The van der Waals surface area contributed by atoms with Gasteiger partial charge in [-0.3, -0.25) is 9.88 Å². The van der Waals surface area contributed by atoms with Crippen molar-refractivity contribution < 1.29 is 9.84 Å². The average molecular weight is 420 g/mol. The Morgan fingerprint density at radius 3 is 2.71 bits per heavy atom. The predicted molar refractivity (Wildman–Crippen MR) is 120 cm³/mol. The van der Waals surface area contributed by atoms with Gasteiger partial charge in [0.25, 0.3) is 0 Å². The molecule has 0 amide bonds. The maximum Gasteiger partial charge on any atom is 0.132 e. The van der Waals surface area contributed by atoms with Gasteiger partial charge in [-0.05, 0) is 50.2 Å². The van der Waals surface area contributed by atoms with Crippen molar-refractivity contribution in [2.45, 2.75) is 32.1 Å². The van der Waals surface area contributed by atoms with Crippen molar-refractivity contribution in [3.05, 3.63) is 78.0 Å². The zero-order valence-corrected chi connectivity index (χ0v) is 18.1. The van der Waals surface area contributed by atoms with E-state index in [1.807, 2.05) is 50.4 Å². The van der Waals surface area contributed by atoms with E-state index in [0.717, 1.165) is 42.5 Å². The van der Waals surface area contributed by atoms with Gasteiger partial charge in [0.2, 0.25) is 0 Å². The van der Waals surface area contributed by atoms with E-state index in [4.69, 9.17) is 4.74 Å². The highest BCUT2D eigenvalue weighted by Gasteiger charge is 2.37. The van der Waals surface area contributed by atoms with Gasteiger partial charge in [0, 0.05) is 44.1 Å². The molecular formula is C24H29N5O2. The fourth-order valence-corrected chi connectivity index (χ4v) is 4.00. The molecule has 1 saturated heterocycles. The molecule has 7 nitrogen and oxygen atoms in total. The summed E-state index contributed by atoms with van der Waals surface area (Å²) >= 11 is 0. The summed E-state index contributed by atoms with van der Waals surface area (Å²) in [7, 11) is 2.04. The van der Waals surface area contributed by atoms with Crippen LogP contribution in [-0.4, -0.2) is 57.2 Å². The Bertz CT molecular complexity index is 983. The number of aryl methyl sites for hydroxylation is 1. The largest absolute Gasteiger partial charge is 0.487 e. The van der Waals surface area contributed by atoms with E-state index in [1.165, 1.54) is 5.56 Å². The van der Waals surface area contributed by atoms with E-state index in [9.17, 15) is 5.11 Å². The van der Waals surface area contributed by atoms with E-state index < -0.39 is 5.60 Å². The SMILES string of the molecule is Cc1cc(N2CC[C@@](O)(CN(C)Cc3ccc(OCc4ccccn4)cc3)C2)ncn1. The second kappa shape index (κ2) is 9.41. The van der Waals surface area contributed by atoms with E-state index >= 15 is 0 Å². The highest BCUT2D eigenvalue weighted by atomic mass is 16.5. The molecule has 1 atom stereocenters. The monoisotopic (exact) mass is 419 g/mol. The van der Waals surface area contributed by atoms with Crippen molar-refractivity contribution in [3.63, 3.8) is 0 Å². The maximum atomic E-state index is 11.1. The number of anilines is 1. The summed E-state index contributed by atoms with van der Waals surface area (Å²) in [5.41, 5.74) is 2.27. The molecule has 1 N–H and O–H groups in total. The minimum absolute atomic E-state index is 0.454. The average Bonchev–Trinajstić information content (AvgIpc) is 3.15. The van der Waals surface area contributed by atoms with Gasteiger partial charge in [-0.1, -0.05) is 18.2 Å². The lowest BCUT2D eigenvalue weighted by molar-refractivity contribution is 0.0279. The van der Waals surface area contributed by atoms with Crippen LogP contribution >= 0.6 is 0 Å². The smallest absolute Gasteiger partial charge is 0.132 e. The standard InChI is InChI=1S/C24H29N5O2/c1-19-13-23(27-18-26-19)29-12-10-24(30,17-29)16-28(2)14-20-6-8-22(9-7-20)31-15-21-5-3-4-11-25-21/h3-9,11,13,18,30H,10,12,14-17H2,1-2H3/t24-/m1/s1. The molecule has 1 fully saturated rings. The third kappa shape index (κ3) is 5.77. The van der Waals surface area contributed by atoms with Crippen LogP contribution in [0, 0.1) is 6.92 Å². The summed E-state index contributed by atoms with van der Waals surface area (Å²) in [5.74, 6) is 1.70. The summed E-state index contributed by atoms with van der Waals surface area (Å²) in [5, 5.41) is 11.1. The van der Waals surface area contributed by atoms with Gasteiger partial charge in [0.05, 0.1) is 11.3 Å². The minimum Gasteiger partial charge on any atom is -0.487 e. The molecule has 0 spiro atoms. The molecule has 0 bridgehead atoms. The van der Waals surface area contributed by atoms with Gasteiger partial charge >= 0.3 is 0 Å². The number of β-amino-alcohol motifs (C(OH)–C–C–N with tert-alkyl or cyclic N) is 1. The summed E-state index contributed by atoms with van der Waals surface area (Å²) < 4.78 is 5.81. The first-order chi connectivity index (χ1) is 15.0. The molecule has 1 aliphatic heterocycles. The lowest BCUT2D eigenvalue weighted by Crippen LogP contribution is -2.43. The molecule has 1 aliphatic rings. The van der Waals surface area contributed by atoms with Crippen LogP contribution in [0.2, 0.25) is 0 Å². The molecule has 31 heavy (non-hydrogen) atoms. The second-order valence-electron chi connectivity index (χ2n) is 8.34. The molecule has 0 radical (unpaired) electrons. The molecule has 3 aromatic rings. The number of benzene rings is 1. The molecule has 7 heteroatoms. The highest BCUT2D eigenvalue weighted by molar-refractivity contribution is 5.41. The third-order valence-electron chi connectivity index (χ3n) is 5.50. The topological polar surface area (TPSA) is 74.6 Å². The Hall–Kier alpha value is -3.03.